The van der Waals surface area contributed by atoms with Gasteiger partial charge in [-0.05, 0) is 31.5 Å². The Hall–Kier alpha value is -1.10. The minimum atomic E-state index is -0.0143. The molecule has 0 aromatic heterocycles. The van der Waals surface area contributed by atoms with Crippen molar-refractivity contribution in [3.05, 3.63) is 28.8 Å². The van der Waals surface area contributed by atoms with Crippen molar-refractivity contribution in [3.63, 3.8) is 0 Å². The second kappa shape index (κ2) is 6.37. The lowest BCUT2D eigenvalue weighted by Gasteiger charge is -2.33. The second-order valence-electron chi connectivity index (χ2n) is 5.06. The van der Waals surface area contributed by atoms with E-state index in [1.807, 2.05) is 25.1 Å². The van der Waals surface area contributed by atoms with Gasteiger partial charge in [0.25, 0.3) is 0 Å². The van der Waals surface area contributed by atoms with E-state index in [1.165, 1.54) is 0 Å². The summed E-state index contributed by atoms with van der Waals surface area (Å²) in [5.41, 5.74) is 1.76. The highest BCUT2D eigenvalue weighted by Gasteiger charge is 2.20. The Morgan fingerprint density at radius 3 is 3.05 bits per heavy atom. The fraction of sp³-hybridized carbons (Fsp3) is 0.500. The molecule has 0 saturated carbocycles. The molecule has 1 aromatic rings. The van der Waals surface area contributed by atoms with Crippen molar-refractivity contribution in [2.45, 2.75) is 19.9 Å². The van der Waals surface area contributed by atoms with Crippen LogP contribution in [0.4, 0.5) is 5.69 Å². The number of rotatable bonds is 3. The molecule has 1 aliphatic rings. The largest absolute Gasteiger partial charge is 0.324 e. The van der Waals surface area contributed by atoms with Gasteiger partial charge in [-0.2, -0.15) is 0 Å². The predicted molar refractivity (Wildman–Crippen MR) is 78.7 cm³/mol. The van der Waals surface area contributed by atoms with Crippen LogP contribution >= 0.6 is 11.6 Å². The van der Waals surface area contributed by atoms with E-state index in [-0.39, 0.29) is 5.91 Å². The maximum Gasteiger partial charge on any atom is 0.238 e. The molecule has 1 heterocycles. The molecule has 0 bridgehead atoms. The molecule has 0 spiro atoms. The molecule has 1 aromatic carbocycles. The van der Waals surface area contributed by atoms with Crippen LogP contribution in [-0.4, -0.2) is 43.0 Å². The predicted octanol–water partition coefficient (Wildman–Crippen LogP) is 1.88. The SMILES string of the molecule is Cc1ccc(NC(=O)CN2CCNCC2C)c(Cl)c1. The summed E-state index contributed by atoms with van der Waals surface area (Å²) in [6, 6.07) is 6.02. The number of hydrogen-bond acceptors (Lipinski definition) is 3. The van der Waals surface area contributed by atoms with Crippen LogP contribution in [0.3, 0.4) is 0 Å². The Labute approximate surface area is 119 Å². The van der Waals surface area contributed by atoms with Gasteiger partial charge in [0.2, 0.25) is 5.91 Å². The van der Waals surface area contributed by atoms with E-state index >= 15 is 0 Å². The summed E-state index contributed by atoms with van der Waals surface area (Å²) in [6.07, 6.45) is 0. The van der Waals surface area contributed by atoms with Crippen LogP contribution in [0, 0.1) is 6.92 Å². The van der Waals surface area contributed by atoms with Crippen LogP contribution in [0.2, 0.25) is 5.02 Å². The third-order valence-corrected chi connectivity index (χ3v) is 3.70. The van der Waals surface area contributed by atoms with E-state index in [0.29, 0.717) is 23.3 Å². The van der Waals surface area contributed by atoms with Crippen LogP contribution in [0.5, 0.6) is 0 Å². The van der Waals surface area contributed by atoms with Crippen LogP contribution in [0.15, 0.2) is 18.2 Å². The van der Waals surface area contributed by atoms with Crippen molar-refractivity contribution in [2.24, 2.45) is 0 Å². The molecule has 5 heteroatoms. The highest BCUT2D eigenvalue weighted by molar-refractivity contribution is 6.33. The summed E-state index contributed by atoms with van der Waals surface area (Å²) >= 11 is 6.11. The number of aryl methyl sites for hydroxylation is 1. The van der Waals surface area contributed by atoms with Crippen LogP contribution < -0.4 is 10.6 Å². The number of hydrogen-bond donors (Lipinski definition) is 2. The number of piperazine rings is 1. The maximum atomic E-state index is 12.0. The van der Waals surface area contributed by atoms with Crippen molar-refractivity contribution < 1.29 is 4.79 Å². The number of amides is 1. The molecule has 0 aliphatic carbocycles. The van der Waals surface area contributed by atoms with Gasteiger partial charge in [-0.3, -0.25) is 9.69 Å². The lowest BCUT2D eigenvalue weighted by atomic mass is 10.2. The molecule has 4 nitrogen and oxygen atoms in total. The lowest BCUT2D eigenvalue weighted by Crippen LogP contribution is -2.51. The van der Waals surface area contributed by atoms with Gasteiger partial charge in [-0.25, -0.2) is 0 Å². The minimum absolute atomic E-state index is 0.0143. The van der Waals surface area contributed by atoms with Crippen molar-refractivity contribution in [1.82, 2.24) is 10.2 Å². The fourth-order valence-corrected chi connectivity index (χ4v) is 2.50. The summed E-state index contributed by atoms with van der Waals surface area (Å²) in [5.74, 6) is -0.0143. The topological polar surface area (TPSA) is 44.4 Å². The smallest absolute Gasteiger partial charge is 0.238 e. The van der Waals surface area contributed by atoms with Gasteiger partial charge in [-0.1, -0.05) is 17.7 Å². The van der Waals surface area contributed by atoms with Crippen LogP contribution in [-0.2, 0) is 4.79 Å². The number of carbonyl (C=O) groups excluding carboxylic acids is 1. The zero-order valence-corrected chi connectivity index (χ0v) is 12.1. The molecule has 1 atom stereocenters. The molecule has 1 fully saturated rings. The lowest BCUT2D eigenvalue weighted by molar-refractivity contribution is -0.118. The summed E-state index contributed by atoms with van der Waals surface area (Å²) < 4.78 is 0. The summed E-state index contributed by atoms with van der Waals surface area (Å²) in [4.78, 5) is 14.2. The quantitative estimate of drug-likeness (QED) is 0.889. The van der Waals surface area contributed by atoms with E-state index in [0.717, 1.165) is 25.2 Å². The number of carbonyl (C=O) groups is 1. The molecule has 1 unspecified atom stereocenters. The Morgan fingerprint density at radius 2 is 2.37 bits per heavy atom. The molecule has 1 aliphatic heterocycles. The van der Waals surface area contributed by atoms with E-state index in [1.54, 1.807) is 0 Å². The average Bonchev–Trinajstić information content (AvgIpc) is 2.36. The standard InChI is InChI=1S/C14H20ClN3O/c1-10-3-4-13(12(15)7-10)17-14(19)9-18-6-5-16-8-11(18)2/h3-4,7,11,16H,5-6,8-9H2,1-2H3,(H,17,19). The molecule has 104 valence electrons. The Morgan fingerprint density at radius 1 is 1.58 bits per heavy atom. The van der Waals surface area contributed by atoms with E-state index < -0.39 is 0 Å². The second-order valence-corrected chi connectivity index (χ2v) is 5.46. The van der Waals surface area contributed by atoms with E-state index in [2.05, 4.69) is 22.5 Å². The summed E-state index contributed by atoms with van der Waals surface area (Å²) in [5, 5.41) is 6.77. The van der Waals surface area contributed by atoms with E-state index in [4.69, 9.17) is 11.6 Å². The number of halogens is 1. The first-order valence-electron chi connectivity index (χ1n) is 6.57. The third kappa shape index (κ3) is 3.93. The number of benzene rings is 1. The van der Waals surface area contributed by atoms with Gasteiger partial charge in [0, 0.05) is 25.7 Å². The van der Waals surface area contributed by atoms with Crippen LogP contribution in [0.1, 0.15) is 12.5 Å². The molecule has 2 N–H and O–H groups in total. The molecule has 1 saturated heterocycles. The summed E-state index contributed by atoms with van der Waals surface area (Å²) in [7, 11) is 0. The maximum absolute atomic E-state index is 12.0. The molecule has 19 heavy (non-hydrogen) atoms. The molecule has 1 amide bonds. The normalized spacial score (nSPS) is 20.3. The van der Waals surface area contributed by atoms with Gasteiger partial charge in [0.1, 0.15) is 0 Å². The van der Waals surface area contributed by atoms with Crippen molar-refractivity contribution in [2.75, 3.05) is 31.5 Å². The van der Waals surface area contributed by atoms with Gasteiger partial charge in [0.15, 0.2) is 0 Å². The number of nitrogens with zero attached hydrogens (tertiary/aromatic N) is 1. The number of anilines is 1. The molecule has 0 radical (unpaired) electrons. The molecular weight excluding hydrogens is 262 g/mol. The van der Waals surface area contributed by atoms with Gasteiger partial charge in [0.05, 0.1) is 17.3 Å². The first kappa shape index (κ1) is 14.3. The summed E-state index contributed by atoms with van der Waals surface area (Å²) in [6.45, 7) is 7.27. The van der Waals surface area contributed by atoms with Gasteiger partial charge in [-0.15, -0.1) is 0 Å². The highest BCUT2D eigenvalue weighted by atomic mass is 35.5. The first-order valence-corrected chi connectivity index (χ1v) is 6.95. The molecule has 2 rings (SSSR count). The van der Waals surface area contributed by atoms with Crippen molar-refractivity contribution >= 4 is 23.2 Å². The van der Waals surface area contributed by atoms with Crippen LogP contribution in [0.25, 0.3) is 0 Å². The van der Waals surface area contributed by atoms with Gasteiger partial charge < -0.3 is 10.6 Å². The third-order valence-electron chi connectivity index (χ3n) is 3.38. The number of nitrogens with one attached hydrogen (secondary N) is 2. The zero-order valence-electron chi connectivity index (χ0n) is 11.4. The minimum Gasteiger partial charge on any atom is -0.324 e. The first-order chi connectivity index (χ1) is 9.06. The Balaban J connectivity index is 1.93. The van der Waals surface area contributed by atoms with Crippen molar-refractivity contribution in [3.8, 4) is 0 Å². The Kier molecular flexibility index (Phi) is 4.80. The Bertz CT molecular complexity index is 464. The van der Waals surface area contributed by atoms with E-state index in [9.17, 15) is 4.79 Å². The fourth-order valence-electron chi connectivity index (χ4n) is 2.21. The average molecular weight is 282 g/mol. The van der Waals surface area contributed by atoms with Gasteiger partial charge >= 0.3 is 0 Å². The zero-order chi connectivity index (χ0) is 13.8. The van der Waals surface area contributed by atoms with Crippen molar-refractivity contribution in [1.29, 1.82) is 0 Å². The monoisotopic (exact) mass is 281 g/mol. The molecular formula is C14H20ClN3O. The highest BCUT2D eigenvalue weighted by Crippen LogP contribution is 2.22.